The lowest BCUT2D eigenvalue weighted by atomic mass is 10.1. The van der Waals surface area contributed by atoms with E-state index in [0.29, 0.717) is 4.47 Å². The predicted molar refractivity (Wildman–Crippen MR) is 77.3 cm³/mol. The molecule has 0 spiro atoms. The van der Waals surface area contributed by atoms with Crippen LogP contribution in [0.2, 0.25) is 0 Å². The van der Waals surface area contributed by atoms with Crippen molar-refractivity contribution in [1.29, 1.82) is 0 Å². The molecule has 0 aliphatic carbocycles. The summed E-state index contributed by atoms with van der Waals surface area (Å²) in [7, 11) is 0. The van der Waals surface area contributed by atoms with Crippen LogP contribution in [0.25, 0.3) is 0 Å². The maximum Gasteiger partial charge on any atom is 0.137 e. The van der Waals surface area contributed by atoms with Gasteiger partial charge in [0.15, 0.2) is 0 Å². The van der Waals surface area contributed by atoms with Crippen LogP contribution in [0, 0.1) is 18.6 Å². The van der Waals surface area contributed by atoms with Gasteiger partial charge in [-0.05, 0) is 71.2 Å². The highest BCUT2D eigenvalue weighted by Crippen LogP contribution is 2.25. The second-order valence-electron chi connectivity index (χ2n) is 4.50. The van der Waals surface area contributed by atoms with Gasteiger partial charge in [0.1, 0.15) is 11.6 Å². The molecule has 0 aliphatic rings. The smallest absolute Gasteiger partial charge is 0.137 e. The van der Waals surface area contributed by atoms with E-state index in [0.717, 1.165) is 16.8 Å². The van der Waals surface area contributed by atoms with Crippen molar-refractivity contribution in [2.75, 3.05) is 5.32 Å². The molecule has 2 aromatic carbocycles. The molecular weight excluding hydrogens is 312 g/mol. The molecule has 0 saturated heterocycles. The van der Waals surface area contributed by atoms with Crippen LogP contribution in [-0.2, 0) is 0 Å². The number of nitrogens with one attached hydrogen (secondary N) is 1. The molecule has 2 rings (SSSR count). The zero-order chi connectivity index (χ0) is 14.0. The van der Waals surface area contributed by atoms with Crippen molar-refractivity contribution in [3.05, 3.63) is 63.6 Å². The fourth-order valence-corrected chi connectivity index (χ4v) is 2.28. The Morgan fingerprint density at radius 1 is 1.11 bits per heavy atom. The van der Waals surface area contributed by atoms with Crippen LogP contribution in [0.4, 0.5) is 14.5 Å². The number of aryl methyl sites for hydroxylation is 1. The van der Waals surface area contributed by atoms with E-state index >= 15 is 0 Å². The summed E-state index contributed by atoms with van der Waals surface area (Å²) in [6, 6.07) is 9.51. The van der Waals surface area contributed by atoms with Gasteiger partial charge in [-0.15, -0.1) is 0 Å². The van der Waals surface area contributed by atoms with Crippen LogP contribution in [0.15, 0.2) is 40.9 Å². The van der Waals surface area contributed by atoms with Crippen molar-refractivity contribution < 1.29 is 8.78 Å². The van der Waals surface area contributed by atoms with Crippen molar-refractivity contribution in [3.8, 4) is 0 Å². The summed E-state index contributed by atoms with van der Waals surface area (Å²) in [5.41, 5.74) is 2.67. The molecule has 19 heavy (non-hydrogen) atoms. The normalized spacial score (nSPS) is 12.3. The minimum Gasteiger partial charge on any atom is -0.378 e. The first-order chi connectivity index (χ1) is 8.97. The lowest BCUT2D eigenvalue weighted by Gasteiger charge is -2.18. The fraction of sp³-hybridized carbons (Fsp3) is 0.200. The van der Waals surface area contributed by atoms with Gasteiger partial charge in [0, 0.05) is 11.7 Å². The van der Waals surface area contributed by atoms with Crippen LogP contribution in [0.3, 0.4) is 0 Å². The Bertz CT molecular complexity index is 599. The van der Waals surface area contributed by atoms with E-state index in [1.165, 1.54) is 18.2 Å². The van der Waals surface area contributed by atoms with Gasteiger partial charge in [-0.2, -0.15) is 0 Å². The summed E-state index contributed by atoms with van der Waals surface area (Å²) in [4.78, 5) is 0. The quantitative estimate of drug-likeness (QED) is 0.816. The predicted octanol–water partition coefficient (Wildman–Crippen LogP) is 5.21. The van der Waals surface area contributed by atoms with Crippen molar-refractivity contribution >= 4 is 21.6 Å². The highest BCUT2D eigenvalue weighted by atomic mass is 79.9. The lowest BCUT2D eigenvalue weighted by Crippen LogP contribution is -2.08. The monoisotopic (exact) mass is 325 g/mol. The van der Waals surface area contributed by atoms with E-state index in [2.05, 4.69) is 21.2 Å². The highest BCUT2D eigenvalue weighted by Gasteiger charge is 2.09. The van der Waals surface area contributed by atoms with Crippen LogP contribution >= 0.6 is 15.9 Å². The van der Waals surface area contributed by atoms with Gasteiger partial charge in [-0.3, -0.25) is 0 Å². The summed E-state index contributed by atoms with van der Waals surface area (Å²) in [5, 5.41) is 3.29. The summed E-state index contributed by atoms with van der Waals surface area (Å²) >= 11 is 3.17. The Morgan fingerprint density at radius 2 is 1.84 bits per heavy atom. The van der Waals surface area contributed by atoms with Crippen molar-refractivity contribution in [2.45, 2.75) is 19.9 Å². The number of benzene rings is 2. The molecule has 0 aromatic heterocycles. The molecule has 0 amide bonds. The standard InChI is InChI=1S/C15H14BrF2N/c1-9-7-12(17)4-6-15(9)19-10(2)11-3-5-14(18)13(16)8-11/h3-8,10,19H,1-2H3. The topological polar surface area (TPSA) is 12.0 Å². The van der Waals surface area contributed by atoms with Crippen LogP contribution < -0.4 is 5.32 Å². The van der Waals surface area contributed by atoms with Gasteiger partial charge >= 0.3 is 0 Å². The minimum atomic E-state index is -0.283. The minimum absolute atomic E-state index is 0.000983. The molecule has 0 bridgehead atoms. The van der Waals surface area contributed by atoms with Crippen LogP contribution in [0.1, 0.15) is 24.1 Å². The Hall–Kier alpha value is -1.42. The number of hydrogen-bond acceptors (Lipinski definition) is 1. The summed E-state index contributed by atoms with van der Waals surface area (Å²) in [6.07, 6.45) is 0. The van der Waals surface area contributed by atoms with E-state index in [1.807, 2.05) is 13.8 Å². The second kappa shape index (κ2) is 5.70. The molecule has 100 valence electrons. The van der Waals surface area contributed by atoms with E-state index in [4.69, 9.17) is 0 Å². The SMILES string of the molecule is Cc1cc(F)ccc1NC(C)c1ccc(F)c(Br)c1. The number of hydrogen-bond donors (Lipinski definition) is 1. The summed E-state index contributed by atoms with van der Waals surface area (Å²) in [6.45, 7) is 3.82. The molecule has 1 unspecified atom stereocenters. The number of rotatable bonds is 3. The Labute approximate surface area is 119 Å². The average Bonchev–Trinajstić information content (AvgIpc) is 2.36. The van der Waals surface area contributed by atoms with E-state index < -0.39 is 0 Å². The number of anilines is 1. The maximum atomic E-state index is 13.2. The first-order valence-electron chi connectivity index (χ1n) is 5.95. The lowest BCUT2D eigenvalue weighted by molar-refractivity contribution is 0.619. The molecule has 0 saturated carbocycles. The Morgan fingerprint density at radius 3 is 2.47 bits per heavy atom. The molecule has 1 N–H and O–H groups in total. The van der Waals surface area contributed by atoms with Gasteiger partial charge < -0.3 is 5.32 Å². The zero-order valence-corrected chi connectivity index (χ0v) is 12.3. The van der Waals surface area contributed by atoms with Crippen molar-refractivity contribution in [3.63, 3.8) is 0 Å². The second-order valence-corrected chi connectivity index (χ2v) is 5.35. The molecule has 1 atom stereocenters. The maximum absolute atomic E-state index is 13.2. The molecule has 1 nitrogen and oxygen atoms in total. The zero-order valence-electron chi connectivity index (χ0n) is 10.7. The molecule has 2 aromatic rings. The molecule has 0 radical (unpaired) electrons. The van der Waals surface area contributed by atoms with Gasteiger partial charge in [-0.25, -0.2) is 8.78 Å². The summed E-state index contributed by atoms with van der Waals surface area (Å²) < 4.78 is 26.7. The third-order valence-corrected chi connectivity index (χ3v) is 3.61. The Kier molecular flexibility index (Phi) is 4.20. The van der Waals surface area contributed by atoms with E-state index in [9.17, 15) is 8.78 Å². The molecule has 0 aliphatic heterocycles. The van der Waals surface area contributed by atoms with Crippen molar-refractivity contribution in [1.82, 2.24) is 0 Å². The molecule has 0 fully saturated rings. The first-order valence-corrected chi connectivity index (χ1v) is 6.74. The average molecular weight is 326 g/mol. The Balaban J connectivity index is 2.20. The largest absolute Gasteiger partial charge is 0.378 e. The fourth-order valence-electron chi connectivity index (χ4n) is 1.89. The van der Waals surface area contributed by atoms with Gasteiger partial charge in [0.25, 0.3) is 0 Å². The molecule has 0 heterocycles. The summed E-state index contributed by atoms with van der Waals surface area (Å²) in [5.74, 6) is -0.533. The van der Waals surface area contributed by atoms with Gasteiger partial charge in [0.05, 0.1) is 4.47 Å². The van der Waals surface area contributed by atoms with Crippen LogP contribution in [-0.4, -0.2) is 0 Å². The third kappa shape index (κ3) is 3.32. The third-order valence-electron chi connectivity index (χ3n) is 3.00. The van der Waals surface area contributed by atoms with E-state index in [1.54, 1.807) is 18.2 Å². The van der Waals surface area contributed by atoms with Crippen LogP contribution in [0.5, 0.6) is 0 Å². The highest BCUT2D eigenvalue weighted by molar-refractivity contribution is 9.10. The molecule has 4 heteroatoms. The van der Waals surface area contributed by atoms with Crippen molar-refractivity contribution in [2.24, 2.45) is 0 Å². The van der Waals surface area contributed by atoms with Gasteiger partial charge in [0.2, 0.25) is 0 Å². The number of halogens is 3. The van der Waals surface area contributed by atoms with Gasteiger partial charge in [-0.1, -0.05) is 6.07 Å². The first kappa shape index (κ1) is 14.0. The molecular formula is C15H14BrF2N. The van der Waals surface area contributed by atoms with E-state index in [-0.39, 0.29) is 17.7 Å².